The molecule has 0 spiro atoms. The molecule has 0 saturated heterocycles. The highest BCUT2D eigenvalue weighted by Gasteiger charge is 2.47. The van der Waals surface area contributed by atoms with Crippen molar-refractivity contribution < 1.29 is 14.2 Å². The van der Waals surface area contributed by atoms with Crippen molar-refractivity contribution in [3.05, 3.63) is 42.5 Å². The molecule has 35 heavy (non-hydrogen) atoms. The predicted octanol–water partition coefficient (Wildman–Crippen LogP) is 5.64. The monoisotopic (exact) mass is 477 g/mol. The molecule has 3 atom stereocenters. The van der Waals surface area contributed by atoms with Crippen LogP contribution in [0.3, 0.4) is 0 Å². The third-order valence-corrected chi connectivity index (χ3v) is 7.90. The van der Waals surface area contributed by atoms with Crippen molar-refractivity contribution in [1.29, 1.82) is 0 Å². The molecule has 7 nitrogen and oxygen atoms in total. The van der Waals surface area contributed by atoms with Crippen molar-refractivity contribution in [3.63, 3.8) is 0 Å². The van der Waals surface area contributed by atoms with Crippen molar-refractivity contribution in [2.24, 2.45) is 10.8 Å². The second-order valence-corrected chi connectivity index (χ2v) is 10.9. The first kappa shape index (κ1) is 23.5. The third kappa shape index (κ3) is 4.54. The van der Waals surface area contributed by atoms with Crippen molar-refractivity contribution >= 4 is 5.82 Å². The molecule has 2 bridgehead atoms. The average molecular weight is 478 g/mol. The molecule has 2 heterocycles. The minimum absolute atomic E-state index is 0.0173. The minimum Gasteiger partial charge on any atom is -0.507 e. The number of aromatic nitrogens is 4. The summed E-state index contributed by atoms with van der Waals surface area (Å²) >= 11 is 0. The van der Waals surface area contributed by atoms with Crippen LogP contribution in [0.4, 0.5) is 10.2 Å². The van der Waals surface area contributed by atoms with E-state index in [2.05, 4.69) is 46.0 Å². The number of nitrogens with zero attached hydrogens (tertiary/aromatic N) is 5. The second kappa shape index (κ2) is 8.73. The van der Waals surface area contributed by atoms with E-state index in [9.17, 15) is 5.11 Å². The molecule has 2 fully saturated rings. The Bertz CT molecular complexity index is 1200. The van der Waals surface area contributed by atoms with Gasteiger partial charge in [0.05, 0.1) is 24.1 Å². The smallest absolute Gasteiger partial charge is 0.216 e. The number of anilines is 1. The van der Waals surface area contributed by atoms with E-state index in [0.717, 1.165) is 18.7 Å². The second-order valence-electron chi connectivity index (χ2n) is 10.9. The maximum absolute atomic E-state index is 15.1. The molecule has 0 amide bonds. The van der Waals surface area contributed by atoms with Gasteiger partial charge in [-0.1, -0.05) is 20.3 Å². The maximum Gasteiger partial charge on any atom is 0.216 e. The van der Waals surface area contributed by atoms with Gasteiger partial charge >= 0.3 is 0 Å². The molecule has 184 valence electrons. The normalized spacial score (nSPS) is 25.8. The predicted molar refractivity (Wildman–Crippen MR) is 133 cm³/mol. The van der Waals surface area contributed by atoms with E-state index in [1.807, 2.05) is 6.07 Å². The Morgan fingerprint density at radius 1 is 1.03 bits per heavy atom. The van der Waals surface area contributed by atoms with Gasteiger partial charge in [0.2, 0.25) is 5.88 Å². The number of fused-ring (bicyclic) bond motifs is 2. The molecule has 8 heteroatoms. The molecule has 2 aliphatic carbocycles. The van der Waals surface area contributed by atoms with Gasteiger partial charge in [0.25, 0.3) is 0 Å². The van der Waals surface area contributed by atoms with E-state index in [1.54, 1.807) is 12.1 Å². The lowest BCUT2D eigenvalue weighted by Crippen LogP contribution is -2.49. The first-order chi connectivity index (χ1) is 16.7. The van der Waals surface area contributed by atoms with Crippen molar-refractivity contribution in [2.45, 2.75) is 58.4 Å². The molecule has 5 rings (SSSR count). The summed E-state index contributed by atoms with van der Waals surface area (Å²) in [6, 6.07) is 8.34. The zero-order valence-electron chi connectivity index (χ0n) is 20.8. The Morgan fingerprint density at radius 3 is 2.40 bits per heavy atom. The van der Waals surface area contributed by atoms with E-state index < -0.39 is 5.82 Å². The Hall–Kier alpha value is -3.29. The van der Waals surface area contributed by atoms with E-state index in [0.29, 0.717) is 34.0 Å². The Balaban J connectivity index is 1.39. The number of halogens is 1. The van der Waals surface area contributed by atoms with Crippen LogP contribution >= 0.6 is 0 Å². The summed E-state index contributed by atoms with van der Waals surface area (Å²) in [5, 5.41) is 19.4. The first-order valence-electron chi connectivity index (χ1n) is 12.1. The Kier molecular flexibility index (Phi) is 5.85. The van der Waals surface area contributed by atoms with Gasteiger partial charge in [-0.25, -0.2) is 14.4 Å². The number of benzene rings is 1. The molecule has 2 aromatic heterocycles. The van der Waals surface area contributed by atoms with Gasteiger partial charge < -0.3 is 14.7 Å². The number of ether oxygens (including phenoxy) is 1. The van der Waals surface area contributed by atoms with E-state index in [4.69, 9.17) is 4.74 Å². The van der Waals surface area contributed by atoms with Crippen LogP contribution in [0.2, 0.25) is 0 Å². The summed E-state index contributed by atoms with van der Waals surface area (Å²) in [4.78, 5) is 10.3. The van der Waals surface area contributed by atoms with Gasteiger partial charge in [0.15, 0.2) is 5.82 Å². The lowest BCUT2D eigenvalue weighted by atomic mass is 9.55. The quantitative estimate of drug-likeness (QED) is 0.509. The fraction of sp³-hybridized carbons (Fsp3) is 0.481. The molecule has 1 aromatic carbocycles. The summed E-state index contributed by atoms with van der Waals surface area (Å²) in [5.74, 6) is 0.285. The molecular weight excluding hydrogens is 445 g/mol. The number of hydrogen-bond acceptors (Lipinski definition) is 7. The number of rotatable bonds is 5. The van der Waals surface area contributed by atoms with Crippen molar-refractivity contribution in [1.82, 2.24) is 20.2 Å². The number of methoxy groups -OCH3 is 1. The van der Waals surface area contributed by atoms with E-state index in [1.165, 1.54) is 51.3 Å². The van der Waals surface area contributed by atoms with Crippen LogP contribution in [0, 0.1) is 16.6 Å². The molecule has 2 aliphatic rings. The van der Waals surface area contributed by atoms with Gasteiger partial charge in [0.1, 0.15) is 17.9 Å². The van der Waals surface area contributed by atoms with Crippen LogP contribution in [-0.2, 0) is 0 Å². The van der Waals surface area contributed by atoms with Gasteiger partial charge in [-0.05, 0) is 67.2 Å². The SMILES string of the molecule is COc1cc(-c2cc(O)c(-c3ccc(N(C)C4C[C@]5(C)CCC[C@](C)(C4)C5)nn3)c(F)c2)ncn1. The van der Waals surface area contributed by atoms with Crippen LogP contribution in [0.1, 0.15) is 52.4 Å². The number of phenolic OH excluding ortho intramolecular Hbond substituents is 1. The van der Waals surface area contributed by atoms with Crippen LogP contribution in [0.25, 0.3) is 22.5 Å². The molecular formula is C27H32FN5O2. The fourth-order valence-corrected chi connectivity index (χ4v) is 6.42. The largest absolute Gasteiger partial charge is 0.507 e. The van der Waals surface area contributed by atoms with Crippen molar-refractivity contribution in [2.75, 3.05) is 19.1 Å². The van der Waals surface area contributed by atoms with Gasteiger partial charge in [-0.3, -0.25) is 0 Å². The third-order valence-electron chi connectivity index (χ3n) is 7.90. The van der Waals surface area contributed by atoms with Crippen LogP contribution in [0.15, 0.2) is 36.7 Å². The number of hydrogen-bond donors (Lipinski definition) is 1. The van der Waals surface area contributed by atoms with Gasteiger partial charge in [-0.15, -0.1) is 10.2 Å². The lowest BCUT2D eigenvalue weighted by molar-refractivity contribution is 0.0141. The highest BCUT2D eigenvalue weighted by molar-refractivity contribution is 5.74. The van der Waals surface area contributed by atoms with E-state index in [-0.39, 0.29) is 17.0 Å². The van der Waals surface area contributed by atoms with Crippen molar-refractivity contribution in [3.8, 4) is 34.1 Å². The van der Waals surface area contributed by atoms with Gasteiger partial charge in [-0.2, -0.15) is 0 Å². The van der Waals surface area contributed by atoms with E-state index >= 15 is 4.39 Å². The summed E-state index contributed by atoms with van der Waals surface area (Å²) in [6.07, 6.45) is 8.81. The summed E-state index contributed by atoms with van der Waals surface area (Å²) < 4.78 is 20.2. The minimum atomic E-state index is -0.603. The molecule has 0 aliphatic heterocycles. The highest BCUT2D eigenvalue weighted by Crippen LogP contribution is 2.56. The number of phenols is 1. The molecule has 1 N–H and O–H groups in total. The zero-order valence-corrected chi connectivity index (χ0v) is 20.8. The van der Waals surface area contributed by atoms with Crippen LogP contribution in [-0.4, -0.2) is 45.5 Å². The van der Waals surface area contributed by atoms with Crippen LogP contribution in [0.5, 0.6) is 11.6 Å². The van der Waals surface area contributed by atoms with Gasteiger partial charge in [0, 0.05) is 24.7 Å². The molecule has 3 aromatic rings. The molecule has 2 saturated carbocycles. The highest BCUT2D eigenvalue weighted by atomic mass is 19.1. The summed E-state index contributed by atoms with van der Waals surface area (Å²) in [6.45, 7) is 4.85. The Morgan fingerprint density at radius 2 is 1.77 bits per heavy atom. The maximum atomic E-state index is 15.1. The summed E-state index contributed by atoms with van der Waals surface area (Å²) in [5.41, 5.74) is 1.91. The Labute approximate surface area is 205 Å². The molecule has 1 unspecified atom stereocenters. The van der Waals surface area contributed by atoms with Crippen LogP contribution < -0.4 is 9.64 Å². The summed E-state index contributed by atoms with van der Waals surface area (Å²) in [7, 11) is 3.57. The fourth-order valence-electron chi connectivity index (χ4n) is 6.42. The number of aromatic hydroxyl groups is 1. The molecule has 0 radical (unpaired) electrons. The topological polar surface area (TPSA) is 84.3 Å². The standard InChI is InChI=1S/C27H32FN5O2/c1-26-8-5-9-27(2,15-26)14-18(13-26)33(3)23-7-6-20(31-32-23)25-19(28)10-17(11-22(25)34)21-12-24(35-4)30-16-29-21/h6-7,10-12,16,18,34H,5,8-9,13-15H2,1-4H3/t18?,26-,27+. The lowest BCUT2D eigenvalue weighted by Gasteiger charge is -2.54. The average Bonchev–Trinajstić information content (AvgIpc) is 2.82. The zero-order chi connectivity index (χ0) is 24.8. The first-order valence-corrected chi connectivity index (χ1v) is 12.1.